The topological polar surface area (TPSA) is 91.7 Å². The van der Waals surface area contributed by atoms with Crippen molar-refractivity contribution in [3.05, 3.63) is 87.8 Å². The molecule has 1 aromatic heterocycles. The number of ether oxygens (including phenoxy) is 1. The van der Waals surface area contributed by atoms with E-state index in [0.29, 0.717) is 10.7 Å². The van der Waals surface area contributed by atoms with E-state index in [9.17, 15) is 22.4 Å². The first-order valence-electron chi connectivity index (χ1n) is 8.23. The van der Waals surface area contributed by atoms with Crippen LogP contribution in [0.2, 0.25) is 5.02 Å². The molecular formula is C19H15ClF4N4O2Y-2. The van der Waals surface area contributed by atoms with Gasteiger partial charge in [-0.2, -0.15) is 18.3 Å². The Morgan fingerprint density at radius 3 is 2.39 bits per heavy atom. The first kappa shape index (κ1) is 27.0. The van der Waals surface area contributed by atoms with Gasteiger partial charge in [0.25, 0.3) is 0 Å². The van der Waals surface area contributed by atoms with Gasteiger partial charge in [0.1, 0.15) is 5.82 Å². The molecule has 3 aromatic rings. The summed E-state index contributed by atoms with van der Waals surface area (Å²) in [6, 6.07) is 10.7. The molecule has 0 unspecified atom stereocenters. The quantitative estimate of drug-likeness (QED) is 0.290. The number of carbonyl (C=O) groups excluding carboxylic acids is 1. The minimum Gasteiger partial charge on any atom is -0.699 e. The number of nitrogens with zero attached hydrogens (tertiary/aromatic N) is 2. The Bertz CT molecular complexity index is 1040. The molecular weight excluding hydrogens is 517 g/mol. The number of halogens is 5. The molecule has 0 spiro atoms. The van der Waals surface area contributed by atoms with E-state index in [2.05, 4.69) is 9.84 Å². The number of hydrogen-bond donors (Lipinski definition) is 0. The van der Waals surface area contributed by atoms with Crippen LogP contribution in [0, 0.1) is 5.82 Å². The Hall–Kier alpha value is -2.01. The predicted molar refractivity (Wildman–Crippen MR) is 103 cm³/mol. The summed E-state index contributed by atoms with van der Waals surface area (Å²) in [5.74, 6) is -1.46. The fraction of sp³-hybridized carbons (Fsp3) is 0.158. The summed E-state index contributed by atoms with van der Waals surface area (Å²) in [7, 11) is 1.18. The molecule has 0 saturated heterocycles. The van der Waals surface area contributed by atoms with Crippen LogP contribution in [0.3, 0.4) is 0 Å². The number of carbonyl (C=O) groups is 1. The van der Waals surface area contributed by atoms with Crippen LogP contribution in [-0.4, -0.2) is 22.9 Å². The third-order valence-electron chi connectivity index (χ3n) is 3.68. The Labute approximate surface area is 205 Å². The Morgan fingerprint density at radius 2 is 1.87 bits per heavy atom. The van der Waals surface area contributed by atoms with Gasteiger partial charge in [0.15, 0.2) is 5.69 Å². The largest absolute Gasteiger partial charge is 0.699 e. The van der Waals surface area contributed by atoms with Gasteiger partial charge in [0.05, 0.1) is 18.4 Å². The monoisotopic (exact) mass is 531 g/mol. The number of methoxy groups -OCH3 is 1. The number of benzene rings is 2. The van der Waals surface area contributed by atoms with Gasteiger partial charge in [0.2, 0.25) is 0 Å². The summed E-state index contributed by atoms with van der Waals surface area (Å²) in [6.45, 7) is -0.296. The van der Waals surface area contributed by atoms with Gasteiger partial charge in [0, 0.05) is 43.4 Å². The average Bonchev–Trinajstić information content (AvgIpc) is 3.13. The second kappa shape index (κ2) is 11.6. The van der Waals surface area contributed by atoms with Gasteiger partial charge in [-0.3, -0.25) is 0 Å². The van der Waals surface area contributed by atoms with Crippen molar-refractivity contribution in [1.82, 2.24) is 9.78 Å². The summed E-state index contributed by atoms with van der Waals surface area (Å²) in [4.78, 5) is 10.8. The molecule has 12 heteroatoms. The normalized spacial score (nSPS) is 10.5. The van der Waals surface area contributed by atoms with E-state index in [1.165, 1.54) is 25.3 Å². The van der Waals surface area contributed by atoms with E-state index in [1.807, 2.05) is 0 Å². The maximum Gasteiger partial charge on any atom is 0.435 e. The smallest absolute Gasteiger partial charge is 0.435 e. The first-order valence-corrected chi connectivity index (χ1v) is 8.60. The summed E-state index contributed by atoms with van der Waals surface area (Å²) in [5.41, 5.74) is 13.7. The molecule has 163 valence electrons. The molecule has 6 nitrogen and oxygen atoms in total. The maximum absolute atomic E-state index is 12.9. The summed E-state index contributed by atoms with van der Waals surface area (Å²) < 4.78 is 55.9. The Morgan fingerprint density at radius 1 is 1.19 bits per heavy atom. The van der Waals surface area contributed by atoms with Crippen LogP contribution >= 0.6 is 11.6 Å². The molecule has 0 aliphatic heterocycles. The number of alkyl halides is 3. The van der Waals surface area contributed by atoms with Crippen molar-refractivity contribution < 1.29 is 59.8 Å². The number of nitrogens with one attached hydrogen (secondary N) is 2. The predicted octanol–water partition coefficient (Wildman–Crippen LogP) is 6.39. The fourth-order valence-electron chi connectivity index (χ4n) is 2.31. The van der Waals surface area contributed by atoms with Crippen molar-refractivity contribution in [2.24, 2.45) is 0 Å². The van der Waals surface area contributed by atoms with Crippen molar-refractivity contribution in [1.29, 1.82) is 0 Å². The molecule has 1 heterocycles. The molecule has 0 amide bonds. The molecule has 2 N–H and O–H groups in total. The molecule has 0 aliphatic carbocycles. The number of hydrogen-bond acceptors (Lipinski definition) is 3. The van der Waals surface area contributed by atoms with E-state index in [4.69, 9.17) is 23.1 Å². The minimum absolute atomic E-state index is 0. The molecule has 0 aliphatic rings. The third-order valence-corrected chi connectivity index (χ3v) is 3.92. The number of rotatable bonds is 3. The van der Waals surface area contributed by atoms with Crippen molar-refractivity contribution >= 4 is 23.3 Å². The van der Waals surface area contributed by atoms with Crippen LogP contribution < -0.4 is 0 Å². The number of aromatic nitrogens is 2. The van der Waals surface area contributed by atoms with Gasteiger partial charge in [-0.15, -0.1) is 12.2 Å². The van der Waals surface area contributed by atoms with Crippen LogP contribution in [0.25, 0.3) is 17.2 Å². The van der Waals surface area contributed by atoms with Crippen LogP contribution in [0.15, 0.2) is 48.5 Å². The van der Waals surface area contributed by atoms with Crippen molar-refractivity contribution in [2.45, 2.75) is 12.7 Å². The summed E-state index contributed by atoms with van der Waals surface area (Å²) in [6.07, 6.45) is -4.52. The zero-order valence-electron chi connectivity index (χ0n) is 16.0. The van der Waals surface area contributed by atoms with Gasteiger partial charge < -0.3 is 16.2 Å². The van der Waals surface area contributed by atoms with Crippen molar-refractivity contribution in [2.75, 3.05) is 7.11 Å². The SMILES string of the molecule is COC(=O)c1ccc([NH-])cc1F.[NH-]Cc1cc(C(F)(F)F)nn1-c1cccc(Cl)c1.[Y]. The molecule has 2 aromatic carbocycles. The van der Waals surface area contributed by atoms with Gasteiger partial charge in [-0.1, -0.05) is 23.7 Å². The third kappa shape index (κ3) is 7.27. The van der Waals surface area contributed by atoms with Crippen LogP contribution in [0.1, 0.15) is 21.7 Å². The Kier molecular flexibility index (Phi) is 10.1. The first-order chi connectivity index (χ1) is 14.1. The average molecular weight is 532 g/mol. The van der Waals surface area contributed by atoms with Crippen LogP contribution in [0.5, 0.6) is 0 Å². The zero-order chi connectivity index (χ0) is 22.5. The van der Waals surface area contributed by atoms with E-state index in [1.54, 1.807) is 18.2 Å². The molecule has 31 heavy (non-hydrogen) atoms. The van der Waals surface area contributed by atoms with Crippen LogP contribution in [0.4, 0.5) is 23.2 Å². The maximum atomic E-state index is 12.9. The summed E-state index contributed by atoms with van der Waals surface area (Å²) in [5, 5.41) is 3.87. The van der Waals surface area contributed by atoms with E-state index < -0.39 is 23.7 Å². The van der Waals surface area contributed by atoms with Crippen molar-refractivity contribution in [3.63, 3.8) is 0 Å². The fourth-order valence-corrected chi connectivity index (χ4v) is 2.49. The standard InChI is InChI=1S/C11H8ClF3N3.C8H8FNO2.Y/c12-7-2-1-3-8(4-7)18-9(6-16)5-10(17-18)11(13,14)15;1-12-8(11)6-3-2-5(10)4-7(6)9;/h1-5,16H,6H2;2-4H,1H3,(H2,10,11);/q-1;;/p-1. The van der Waals surface area contributed by atoms with Crippen molar-refractivity contribution in [3.8, 4) is 5.69 Å². The Balaban J connectivity index is 0.000000324. The molecule has 0 atom stereocenters. The molecule has 0 fully saturated rings. The van der Waals surface area contributed by atoms with E-state index >= 15 is 0 Å². The molecule has 0 saturated carbocycles. The number of esters is 1. The molecule has 3 rings (SSSR count). The second-order valence-electron chi connectivity index (χ2n) is 5.77. The summed E-state index contributed by atoms with van der Waals surface area (Å²) >= 11 is 5.78. The van der Waals surface area contributed by atoms with Gasteiger partial charge >= 0.3 is 12.1 Å². The van der Waals surface area contributed by atoms with E-state index in [0.717, 1.165) is 16.8 Å². The molecule has 0 bridgehead atoms. The van der Waals surface area contributed by atoms with Gasteiger partial charge in [-0.25, -0.2) is 13.9 Å². The van der Waals surface area contributed by atoms with Gasteiger partial charge in [-0.05, 0) is 36.4 Å². The van der Waals surface area contributed by atoms with Crippen LogP contribution in [-0.2, 0) is 50.2 Å². The molecule has 1 radical (unpaired) electrons. The minimum atomic E-state index is -4.52. The zero-order valence-corrected chi connectivity index (χ0v) is 19.6. The van der Waals surface area contributed by atoms with E-state index in [-0.39, 0.29) is 56.2 Å². The second-order valence-corrected chi connectivity index (χ2v) is 6.21.